The summed E-state index contributed by atoms with van der Waals surface area (Å²) in [5.74, 6) is 0.711. The Morgan fingerprint density at radius 2 is 2.19 bits per heavy atom. The van der Waals surface area contributed by atoms with Crippen LogP contribution in [0.2, 0.25) is 0 Å². The van der Waals surface area contributed by atoms with E-state index in [-0.39, 0.29) is 5.56 Å². The van der Waals surface area contributed by atoms with Gasteiger partial charge in [0.25, 0.3) is 5.56 Å². The van der Waals surface area contributed by atoms with E-state index in [1.54, 1.807) is 6.07 Å². The monoisotopic (exact) mass is 370 g/mol. The highest BCUT2D eigenvalue weighted by atomic mass is 79.9. The quantitative estimate of drug-likeness (QED) is 0.626. The molecule has 2 heterocycles. The average Bonchev–Trinajstić information content (AvgIpc) is 2.71. The van der Waals surface area contributed by atoms with E-state index in [2.05, 4.69) is 44.8 Å². The van der Waals surface area contributed by atoms with Crippen molar-refractivity contribution in [3.63, 3.8) is 0 Å². The van der Waals surface area contributed by atoms with Crippen LogP contribution in [0.25, 0.3) is 0 Å². The minimum absolute atomic E-state index is 0.0886. The number of aromatic nitrogens is 4. The molecule has 0 saturated heterocycles. The fourth-order valence-electron chi connectivity index (χ4n) is 2.05. The molecular formula is C14H19BrN4OS. The molecule has 5 nitrogen and oxygen atoms in total. The summed E-state index contributed by atoms with van der Waals surface area (Å²) in [7, 11) is 1.93. The predicted molar refractivity (Wildman–Crippen MR) is 88.7 cm³/mol. The van der Waals surface area contributed by atoms with Gasteiger partial charge in [-0.05, 0) is 28.8 Å². The topological polar surface area (TPSA) is 63.6 Å². The van der Waals surface area contributed by atoms with Crippen LogP contribution in [0.15, 0.2) is 20.5 Å². The van der Waals surface area contributed by atoms with Gasteiger partial charge in [-0.2, -0.15) is 5.10 Å². The molecule has 2 rings (SSSR count). The highest BCUT2D eigenvalue weighted by Crippen LogP contribution is 2.27. The van der Waals surface area contributed by atoms with Gasteiger partial charge in [0.2, 0.25) is 0 Å². The van der Waals surface area contributed by atoms with Crippen molar-refractivity contribution >= 4 is 27.7 Å². The van der Waals surface area contributed by atoms with Gasteiger partial charge in [-0.3, -0.25) is 9.48 Å². The number of H-pyrrole nitrogens is 1. The third kappa shape index (κ3) is 3.97. The lowest BCUT2D eigenvalue weighted by molar-refractivity contribution is 0.719. The summed E-state index contributed by atoms with van der Waals surface area (Å²) >= 11 is 5.12. The van der Waals surface area contributed by atoms with Crippen molar-refractivity contribution in [1.29, 1.82) is 0 Å². The lowest BCUT2D eigenvalue weighted by Gasteiger charge is -2.04. The molecule has 0 fully saturated rings. The lowest BCUT2D eigenvalue weighted by atomic mass is 10.2. The molecule has 0 spiro atoms. The second kappa shape index (κ2) is 7.26. The summed E-state index contributed by atoms with van der Waals surface area (Å²) in [6, 6.07) is 1.57. The van der Waals surface area contributed by atoms with E-state index in [4.69, 9.17) is 0 Å². The second-order valence-corrected chi connectivity index (χ2v) is 6.52. The van der Waals surface area contributed by atoms with Gasteiger partial charge in [0.05, 0.1) is 15.9 Å². The van der Waals surface area contributed by atoms with Crippen LogP contribution in [0.1, 0.15) is 37.4 Å². The van der Waals surface area contributed by atoms with Crippen molar-refractivity contribution in [2.24, 2.45) is 7.05 Å². The van der Waals surface area contributed by atoms with E-state index in [0.29, 0.717) is 10.9 Å². The SMILES string of the molecule is CCCc1cc(=O)[nH]c(SCc2c(Br)c(CC)nn2C)n1. The van der Waals surface area contributed by atoms with Gasteiger partial charge in [-0.15, -0.1) is 0 Å². The van der Waals surface area contributed by atoms with Crippen LogP contribution in [-0.4, -0.2) is 19.7 Å². The number of hydrogen-bond donors (Lipinski definition) is 1. The van der Waals surface area contributed by atoms with E-state index in [0.717, 1.165) is 40.8 Å². The number of halogens is 1. The number of thioether (sulfide) groups is 1. The van der Waals surface area contributed by atoms with Gasteiger partial charge in [0, 0.05) is 24.6 Å². The molecule has 0 aromatic carbocycles. The summed E-state index contributed by atoms with van der Waals surface area (Å²) in [4.78, 5) is 18.9. The van der Waals surface area contributed by atoms with Gasteiger partial charge in [-0.1, -0.05) is 32.0 Å². The van der Waals surface area contributed by atoms with E-state index in [1.165, 1.54) is 11.8 Å². The Kier molecular flexibility index (Phi) is 5.64. The largest absolute Gasteiger partial charge is 0.301 e. The summed E-state index contributed by atoms with van der Waals surface area (Å²) in [6.07, 6.45) is 2.70. The Balaban J connectivity index is 2.16. The van der Waals surface area contributed by atoms with Gasteiger partial charge >= 0.3 is 0 Å². The van der Waals surface area contributed by atoms with Crippen LogP contribution in [0, 0.1) is 0 Å². The standard InChI is InChI=1S/C14H19BrN4OS/c1-4-6-9-7-12(20)17-14(16-9)21-8-11-13(15)10(5-2)18-19(11)3/h7H,4-6,8H2,1-3H3,(H,16,17,20). The normalized spacial score (nSPS) is 11.0. The molecule has 0 aliphatic rings. The maximum absolute atomic E-state index is 11.6. The maximum atomic E-state index is 11.6. The number of aromatic amines is 1. The minimum Gasteiger partial charge on any atom is -0.301 e. The summed E-state index contributed by atoms with van der Waals surface area (Å²) in [5, 5.41) is 5.13. The molecule has 114 valence electrons. The van der Waals surface area contributed by atoms with Crippen molar-refractivity contribution in [2.75, 3.05) is 0 Å². The first-order valence-corrected chi connectivity index (χ1v) is 8.76. The van der Waals surface area contributed by atoms with E-state index < -0.39 is 0 Å². The number of nitrogens with zero attached hydrogens (tertiary/aromatic N) is 3. The Bertz CT molecular complexity index is 680. The zero-order valence-electron chi connectivity index (χ0n) is 12.4. The van der Waals surface area contributed by atoms with Crippen LogP contribution in [0.3, 0.4) is 0 Å². The highest BCUT2D eigenvalue weighted by Gasteiger charge is 2.13. The molecule has 1 N–H and O–H groups in total. The van der Waals surface area contributed by atoms with Crippen molar-refractivity contribution in [2.45, 2.75) is 44.0 Å². The molecule has 0 saturated carbocycles. The molecule has 0 bridgehead atoms. The fraction of sp³-hybridized carbons (Fsp3) is 0.500. The zero-order chi connectivity index (χ0) is 15.4. The van der Waals surface area contributed by atoms with Crippen LogP contribution >= 0.6 is 27.7 Å². The zero-order valence-corrected chi connectivity index (χ0v) is 14.8. The van der Waals surface area contributed by atoms with Gasteiger partial charge in [0.1, 0.15) is 0 Å². The molecule has 0 aliphatic carbocycles. The first kappa shape index (κ1) is 16.3. The summed E-state index contributed by atoms with van der Waals surface area (Å²) in [5.41, 5.74) is 2.91. The van der Waals surface area contributed by atoms with E-state index in [9.17, 15) is 4.79 Å². The van der Waals surface area contributed by atoms with Crippen LogP contribution in [0.5, 0.6) is 0 Å². The third-order valence-electron chi connectivity index (χ3n) is 3.13. The molecule has 0 radical (unpaired) electrons. The molecule has 0 atom stereocenters. The Labute approximate surface area is 136 Å². The third-order valence-corrected chi connectivity index (χ3v) is 4.93. The molecule has 2 aromatic rings. The Morgan fingerprint density at radius 1 is 1.43 bits per heavy atom. The van der Waals surface area contributed by atoms with Crippen molar-refractivity contribution in [3.8, 4) is 0 Å². The molecular weight excluding hydrogens is 352 g/mol. The number of rotatable bonds is 6. The van der Waals surface area contributed by atoms with Crippen LogP contribution in [0.4, 0.5) is 0 Å². The molecule has 2 aromatic heterocycles. The van der Waals surface area contributed by atoms with Crippen molar-refractivity contribution in [3.05, 3.63) is 38.0 Å². The predicted octanol–water partition coefficient (Wildman–Crippen LogP) is 3.07. The van der Waals surface area contributed by atoms with E-state index >= 15 is 0 Å². The van der Waals surface area contributed by atoms with E-state index in [1.807, 2.05) is 11.7 Å². The smallest absolute Gasteiger partial charge is 0.251 e. The van der Waals surface area contributed by atoms with Gasteiger partial charge < -0.3 is 4.98 Å². The van der Waals surface area contributed by atoms with Gasteiger partial charge in [0.15, 0.2) is 5.16 Å². The van der Waals surface area contributed by atoms with Crippen LogP contribution in [-0.2, 0) is 25.6 Å². The number of hydrogen-bond acceptors (Lipinski definition) is 4. The minimum atomic E-state index is -0.0886. The molecule has 21 heavy (non-hydrogen) atoms. The molecule has 0 aliphatic heterocycles. The van der Waals surface area contributed by atoms with Crippen molar-refractivity contribution < 1.29 is 0 Å². The Hall–Kier alpha value is -1.08. The fourth-order valence-corrected chi connectivity index (χ4v) is 3.95. The number of nitrogens with one attached hydrogen (secondary N) is 1. The summed E-state index contributed by atoms with van der Waals surface area (Å²) in [6.45, 7) is 4.16. The highest BCUT2D eigenvalue weighted by molar-refractivity contribution is 9.10. The molecule has 0 amide bonds. The Morgan fingerprint density at radius 3 is 2.81 bits per heavy atom. The van der Waals surface area contributed by atoms with Gasteiger partial charge in [-0.25, -0.2) is 4.98 Å². The summed E-state index contributed by atoms with van der Waals surface area (Å²) < 4.78 is 2.93. The lowest BCUT2D eigenvalue weighted by Crippen LogP contribution is -2.10. The van der Waals surface area contributed by atoms with Crippen LogP contribution < -0.4 is 5.56 Å². The molecule has 7 heteroatoms. The molecule has 0 unspecified atom stereocenters. The maximum Gasteiger partial charge on any atom is 0.251 e. The van der Waals surface area contributed by atoms with Crippen molar-refractivity contribution in [1.82, 2.24) is 19.7 Å². The first-order chi connectivity index (χ1) is 10.0. The first-order valence-electron chi connectivity index (χ1n) is 6.98. The number of aryl methyl sites for hydroxylation is 3. The average molecular weight is 371 g/mol. The second-order valence-electron chi connectivity index (χ2n) is 4.77.